The molecule has 0 atom stereocenters. The van der Waals surface area contributed by atoms with E-state index in [9.17, 15) is 9.59 Å². The number of hydrogen-bond donors (Lipinski definition) is 1. The highest BCUT2D eigenvalue weighted by atomic mass is 35.5. The van der Waals surface area contributed by atoms with Crippen molar-refractivity contribution in [3.8, 4) is 11.1 Å². The lowest BCUT2D eigenvalue weighted by Crippen LogP contribution is -2.27. The summed E-state index contributed by atoms with van der Waals surface area (Å²) in [5.41, 5.74) is 1.09. The Morgan fingerprint density at radius 3 is 2.62 bits per heavy atom. The fourth-order valence-electron chi connectivity index (χ4n) is 2.62. The molecule has 0 radical (unpaired) electrons. The fourth-order valence-corrected chi connectivity index (χ4v) is 4.00. The maximum atomic E-state index is 12.9. The van der Waals surface area contributed by atoms with Gasteiger partial charge >= 0.3 is 5.97 Å². The van der Waals surface area contributed by atoms with Gasteiger partial charge in [-0.3, -0.25) is 14.2 Å². The van der Waals surface area contributed by atoms with Crippen LogP contribution in [-0.2, 0) is 11.3 Å². The molecule has 0 fully saturated rings. The molecule has 2 aromatic heterocycles. The van der Waals surface area contributed by atoms with Crippen LogP contribution in [0.5, 0.6) is 0 Å². The van der Waals surface area contributed by atoms with E-state index in [4.69, 9.17) is 28.3 Å². The first-order valence-electron chi connectivity index (χ1n) is 6.97. The summed E-state index contributed by atoms with van der Waals surface area (Å²) in [7, 11) is 0. The van der Waals surface area contributed by atoms with E-state index in [0.29, 0.717) is 31.6 Å². The van der Waals surface area contributed by atoms with Crippen LogP contribution in [0, 0.1) is 13.8 Å². The number of aromatic nitrogens is 2. The molecule has 2 heterocycles. The van der Waals surface area contributed by atoms with Crippen LogP contribution in [-0.4, -0.2) is 20.6 Å². The molecular formula is C16H12Cl2N2O3S. The lowest BCUT2D eigenvalue weighted by atomic mass is 10.0. The summed E-state index contributed by atoms with van der Waals surface area (Å²) in [5.74, 6) is -0.721. The minimum Gasteiger partial charge on any atom is -0.480 e. The third-order valence-corrected chi connectivity index (χ3v) is 5.42. The molecule has 0 unspecified atom stereocenters. The van der Waals surface area contributed by atoms with E-state index in [2.05, 4.69) is 4.98 Å². The molecule has 0 aliphatic heterocycles. The average Bonchev–Trinajstić information content (AvgIpc) is 2.82. The smallest absolute Gasteiger partial charge is 0.323 e. The summed E-state index contributed by atoms with van der Waals surface area (Å²) in [6, 6.07) is 5.14. The van der Waals surface area contributed by atoms with E-state index in [1.165, 1.54) is 11.3 Å². The third kappa shape index (κ3) is 2.81. The predicted molar refractivity (Wildman–Crippen MR) is 96.4 cm³/mol. The van der Waals surface area contributed by atoms with Crippen molar-refractivity contribution in [2.45, 2.75) is 20.4 Å². The number of thiophene rings is 1. The average molecular weight is 383 g/mol. The monoisotopic (exact) mass is 382 g/mol. The Morgan fingerprint density at radius 1 is 1.29 bits per heavy atom. The van der Waals surface area contributed by atoms with E-state index in [-0.39, 0.29) is 5.56 Å². The second-order valence-electron chi connectivity index (χ2n) is 5.29. The van der Waals surface area contributed by atoms with Crippen molar-refractivity contribution in [2.24, 2.45) is 0 Å². The van der Waals surface area contributed by atoms with E-state index in [0.717, 1.165) is 15.0 Å². The van der Waals surface area contributed by atoms with Crippen LogP contribution >= 0.6 is 34.5 Å². The molecule has 5 nitrogen and oxygen atoms in total. The van der Waals surface area contributed by atoms with Crippen molar-refractivity contribution in [2.75, 3.05) is 0 Å². The van der Waals surface area contributed by atoms with Gasteiger partial charge in [0, 0.05) is 10.4 Å². The topological polar surface area (TPSA) is 72.2 Å². The zero-order valence-electron chi connectivity index (χ0n) is 12.8. The summed E-state index contributed by atoms with van der Waals surface area (Å²) < 4.78 is 1.16. The van der Waals surface area contributed by atoms with Crippen molar-refractivity contribution in [3.63, 3.8) is 0 Å². The lowest BCUT2D eigenvalue weighted by Gasteiger charge is -2.08. The highest BCUT2D eigenvalue weighted by molar-refractivity contribution is 7.19. The first-order chi connectivity index (χ1) is 11.3. The summed E-state index contributed by atoms with van der Waals surface area (Å²) in [5, 5.41) is 10.2. The van der Waals surface area contributed by atoms with Gasteiger partial charge in [-0.25, -0.2) is 4.98 Å². The molecule has 1 aromatic carbocycles. The Kier molecular flexibility index (Phi) is 4.38. The molecule has 1 N–H and O–H groups in total. The Labute approximate surface area is 151 Å². The van der Waals surface area contributed by atoms with Crippen molar-refractivity contribution in [3.05, 3.63) is 49.3 Å². The van der Waals surface area contributed by atoms with Crippen LogP contribution in [0.25, 0.3) is 21.3 Å². The zero-order chi connectivity index (χ0) is 17.6. The van der Waals surface area contributed by atoms with Gasteiger partial charge in [0.25, 0.3) is 5.56 Å². The molecule has 0 aliphatic carbocycles. The van der Waals surface area contributed by atoms with Gasteiger partial charge in [-0.1, -0.05) is 29.3 Å². The first-order valence-corrected chi connectivity index (χ1v) is 8.54. The second kappa shape index (κ2) is 6.20. The Morgan fingerprint density at radius 2 is 2.00 bits per heavy atom. The molecule has 0 saturated heterocycles. The van der Waals surface area contributed by atoms with Crippen molar-refractivity contribution in [1.29, 1.82) is 0 Å². The van der Waals surface area contributed by atoms with Crippen LogP contribution in [0.15, 0.2) is 23.0 Å². The number of carboxylic acids is 1. The Balaban J connectivity index is 2.36. The van der Waals surface area contributed by atoms with Gasteiger partial charge in [-0.05, 0) is 31.5 Å². The van der Waals surface area contributed by atoms with E-state index >= 15 is 0 Å². The summed E-state index contributed by atoms with van der Waals surface area (Å²) in [4.78, 5) is 29.8. The SMILES string of the molecule is Cc1sc2nc(C)n(CC(=O)O)c(=O)c2c1-c1ccc(Cl)c(Cl)c1. The molecule has 124 valence electrons. The van der Waals surface area contributed by atoms with E-state index in [1.807, 2.05) is 6.92 Å². The number of hydrogen-bond acceptors (Lipinski definition) is 4. The minimum absolute atomic E-state index is 0.370. The largest absolute Gasteiger partial charge is 0.480 e. The quantitative estimate of drug-likeness (QED) is 0.738. The number of halogens is 2. The summed E-state index contributed by atoms with van der Waals surface area (Å²) in [6.45, 7) is 3.08. The maximum Gasteiger partial charge on any atom is 0.323 e. The minimum atomic E-state index is -1.09. The molecular weight excluding hydrogens is 371 g/mol. The molecule has 8 heteroatoms. The lowest BCUT2D eigenvalue weighted by molar-refractivity contribution is -0.137. The normalized spacial score (nSPS) is 11.2. The molecule has 0 saturated carbocycles. The van der Waals surface area contributed by atoms with Gasteiger partial charge in [0.05, 0.1) is 15.4 Å². The standard InChI is InChI=1S/C16H12Cl2N2O3S/c1-7-13(9-3-4-10(17)11(18)5-9)14-15(24-7)19-8(2)20(16(14)23)6-12(21)22/h3-5H,6H2,1-2H3,(H,21,22). The molecule has 0 amide bonds. The zero-order valence-corrected chi connectivity index (χ0v) is 15.1. The molecule has 0 bridgehead atoms. The number of rotatable bonds is 3. The number of aryl methyl sites for hydroxylation is 2. The number of benzene rings is 1. The number of carboxylic acid groups (broad SMARTS) is 1. The van der Waals surface area contributed by atoms with Crippen LogP contribution < -0.4 is 5.56 Å². The molecule has 0 aliphatic rings. The van der Waals surface area contributed by atoms with Crippen LogP contribution in [0.4, 0.5) is 0 Å². The fraction of sp³-hybridized carbons (Fsp3) is 0.188. The van der Waals surface area contributed by atoms with Crippen LogP contribution in [0.2, 0.25) is 10.0 Å². The van der Waals surface area contributed by atoms with Crippen LogP contribution in [0.1, 0.15) is 10.7 Å². The number of aliphatic carboxylic acids is 1. The highest BCUT2D eigenvalue weighted by Crippen LogP contribution is 2.37. The van der Waals surface area contributed by atoms with Gasteiger partial charge in [-0.2, -0.15) is 0 Å². The molecule has 3 aromatic rings. The van der Waals surface area contributed by atoms with Crippen LogP contribution in [0.3, 0.4) is 0 Å². The number of nitrogens with zero attached hydrogens (tertiary/aromatic N) is 2. The van der Waals surface area contributed by atoms with E-state index < -0.39 is 12.5 Å². The summed E-state index contributed by atoms with van der Waals surface area (Å²) in [6.07, 6.45) is 0. The number of fused-ring (bicyclic) bond motifs is 1. The molecule has 3 rings (SSSR count). The molecule has 0 spiro atoms. The third-order valence-electron chi connectivity index (χ3n) is 3.68. The van der Waals surface area contributed by atoms with Crippen molar-refractivity contribution < 1.29 is 9.90 Å². The highest BCUT2D eigenvalue weighted by Gasteiger charge is 2.19. The van der Waals surface area contributed by atoms with Gasteiger partial charge in [0.15, 0.2) is 0 Å². The predicted octanol–water partition coefficient (Wildman–Crippen LogP) is 4.13. The van der Waals surface area contributed by atoms with Gasteiger partial charge < -0.3 is 5.11 Å². The Hall–Kier alpha value is -1.89. The Bertz CT molecular complexity index is 1040. The maximum absolute atomic E-state index is 12.9. The van der Waals surface area contributed by atoms with Crippen molar-refractivity contribution in [1.82, 2.24) is 9.55 Å². The summed E-state index contributed by atoms with van der Waals surface area (Å²) >= 11 is 13.4. The first kappa shape index (κ1) is 17.0. The van der Waals surface area contributed by atoms with Crippen molar-refractivity contribution >= 4 is 50.7 Å². The van der Waals surface area contributed by atoms with Gasteiger partial charge in [0.1, 0.15) is 17.2 Å². The number of carbonyl (C=O) groups is 1. The molecule has 24 heavy (non-hydrogen) atoms. The van der Waals surface area contributed by atoms with E-state index in [1.54, 1.807) is 25.1 Å². The van der Waals surface area contributed by atoms with Gasteiger partial charge in [-0.15, -0.1) is 11.3 Å². The van der Waals surface area contributed by atoms with Gasteiger partial charge in [0.2, 0.25) is 0 Å². The second-order valence-corrected chi connectivity index (χ2v) is 7.30.